The van der Waals surface area contributed by atoms with Crippen molar-refractivity contribution in [1.82, 2.24) is 30.4 Å². The molecule has 2 aromatic carbocycles. The van der Waals surface area contributed by atoms with E-state index >= 15 is 0 Å². The average Bonchev–Trinajstić information content (AvgIpc) is 3.28. The molecule has 4 rings (SSSR count). The molecule has 0 bridgehead atoms. The maximum Gasteiger partial charge on any atom is 0.410 e. The van der Waals surface area contributed by atoms with Gasteiger partial charge in [-0.05, 0) is 74.7 Å². The third-order valence-corrected chi connectivity index (χ3v) is 6.08. The number of nitrogens with one attached hydrogen (secondary N) is 1. The Kier molecular flexibility index (Phi) is 7.83. The number of carbonyl (C=O) groups is 1. The number of alkyl halides is 1. The van der Waals surface area contributed by atoms with Gasteiger partial charge in [0.1, 0.15) is 11.4 Å². The largest absolute Gasteiger partial charge is 0.463 e. The first kappa shape index (κ1) is 25.6. The molecule has 1 aromatic heterocycles. The highest BCUT2D eigenvalue weighted by Crippen LogP contribution is 2.33. The Morgan fingerprint density at radius 2 is 1.97 bits per heavy atom. The first-order chi connectivity index (χ1) is 17.3. The van der Waals surface area contributed by atoms with E-state index in [4.69, 9.17) is 9.47 Å². The second kappa shape index (κ2) is 11.0. The molecule has 1 fully saturated rings. The van der Waals surface area contributed by atoms with Crippen molar-refractivity contribution in [2.75, 3.05) is 13.4 Å². The third-order valence-electron chi connectivity index (χ3n) is 6.08. The lowest BCUT2D eigenvalue weighted by molar-refractivity contribution is 0.00378. The van der Waals surface area contributed by atoms with Gasteiger partial charge in [-0.1, -0.05) is 30.3 Å². The van der Waals surface area contributed by atoms with E-state index in [2.05, 4.69) is 20.8 Å². The Bertz CT molecular complexity index is 1160. The van der Waals surface area contributed by atoms with Gasteiger partial charge in [-0.15, -0.1) is 5.10 Å². The maximum absolute atomic E-state index is 13.2. The number of hydrogen-bond acceptors (Lipinski definition) is 7. The zero-order valence-corrected chi connectivity index (χ0v) is 21.1. The van der Waals surface area contributed by atoms with Crippen LogP contribution in [0.15, 0.2) is 48.5 Å². The van der Waals surface area contributed by atoms with Crippen LogP contribution in [0.25, 0.3) is 5.69 Å². The van der Waals surface area contributed by atoms with Crippen molar-refractivity contribution in [3.05, 3.63) is 65.5 Å². The SMILES string of the molecule is Cc1nnnn1-c1ccc(OC[18F])c(CN[C@H]2CCCN(C(=O)OC(C)(C)C)[C@H]2c2ccccc2)c1. The molecule has 0 radical (unpaired) electrons. The van der Waals surface area contributed by atoms with Gasteiger partial charge >= 0.3 is 6.09 Å². The fourth-order valence-corrected chi connectivity index (χ4v) is 4.54. The molecule has 0 spiro atoms. The fraction of sp³-hybridized carbons (Fsp3) is 0.462. The minimum Gasteiger partial charge on any atom is -0.463 e. The summed E-state index contributed by atoms with van der Waals surface area (Å²) >= 11 is 0. The van der Waals surface area contributed by atoms with E-state index in [9.17, 15) is 9.18 Å². The summed E-state index contributed by atoms with van der Waals surface area (Å²) in [5.74, 6) is 1.08. The van der Waals surface area contributed by atoms with Gasteiger partial charge in [-0.2, -0.15) is 4.68 Å². The highest BCUT2D eigenvalue weighted by molar-refractivity contribution is 5.69. The minimum atomic E-state index is -0.932. The lowest BCUT2D eigenvalue weighted by atomic mass is 9.90. The summed E-state index contributed by atoms with van der Waals surface area (Å²) in [6.45, 7) is 7.49. The van der Waals surface area contributed by atoms with E-state index in [-0.39, 0.29) is 18.2 Å². The van der Waals surface area contributed by atoms with E-state index in [1.165, 1.54) is 0 Å². The molecule has 1 N–H and O–H groups in total. The van der Waals surface area contributed by atoms with Crippen molar-refractivity contribution in [2.24, 2.45) is 0 Å². The number of hydrogen-bond donors (Lipinski definition) is 1. The molecule has 0 saturated carbocycles. The Morgan fingerprint density at radius 1 is 1.19 bits per heavy atom. The molecular formula is C26H33FN6O3. The van der Waals surface area contributed by atoms with Crippen molar-refractivity contribution >= 4 is 6.09 Å². The van der Waals surface area contributed by atoms with Gasteiger partial charge in [0.15, 0.2) is 5.82 Å². The number of tetrazole rings is 1. The van der Waals surface area contributed by atoms with Crippen LogP contribution in [0, 0.1) is 6.92 Å². The summed E-state index contributed by atoms with van der Waals surface area (Å²) in [5.41, 5.74) is 1.95. The summed E-state index contributed by atoms with van der Waals surface area (Å²) < 4.78 is 25.7. The molecule has 9 nitrogen and oxygen atoms in total. The van der Waals surface area contributed by atoms with Crippen LogP contribution in [0.2, 0.25) is 0 Å². The van der Waals surface area contributed by atoms with Gasteiger partial charge < -0.3 is 14.8 Å². The monoisotopic (exact) mass is 495 g/mol. The molecule has 2 atom stereocenters. The molecule has 2 heterocycles. The predicted octanol–water partition coefficient (Wildman–Crippen LogP) is 4.51. The Morgan fingerprint density at radius 3 is 2.64 bits per heavy atom. The summed E-state index contributed by atoms with van der Waals surface area (Å²) in [5, 5.41) is 15.3. The van der Waals surface area contributed by atoms with Gasteiger partial charge in [-0.25, -0.2) is 9.18 Å². The van der Waals surface area contributed by atoms with Crippen molar-refractivity contribution in [3.8, 4) is 11.4 Å². The van der Waals surface area contributed by atoms with E-state index < -0.39 is 12.5 Å². The van der Waals surface area contributed by atoms with E-state index in [1.54, 1.807) is 16.8 Å². The molecule has 3 aromatic rings. The van der Waals surface area contributed by atoms with E-state index in [0.29, 0.717) is 24.7 Å². The topological polar surface area (TPSA) is 94.4 Å². The molecule has 1 saturated heterocycles. The number of halogens is 1. The molecule has 10 heteroatoms. The Labute approximate surface area is 210 Å². The van der Waals surface area contributed by atoms with Crippen LogP contribution in [-0.2, 0) is 11.3 Å². The molecular weight excluding hydrogens is 462 g/mol. The molecule has 1 amide bonds. The normalized spacial score (nSPS) is 18.2. The van der Waals surface area contributed by atoms with Crippen molar-refractivity contribution in [2.45, 2.75) is 64.8 Å². The van der Waals surface area contributed by atoms with Crippen molar-refractivity contribution in [3.63, 3.8) is 0 Å². The lowest BCUT2D eigenvalue weighted by Gasteiger charge is -2.42. The molecule has 1 aliphatic heterocycles. The van der Waals surface area contributed by atoms with Crippen LogP contribution in [0.5, 0.6) is 5.75 Å². The van der Waals surface area contributed by atoms with Crippen LogP contribution in [0.4, 0.5) is 9.18 Å². The smallest absolute Gasteiger partial charge is 0.410 e. The molecule has 36 heavy (non-hydrogen) atoms. The van der Waals surface area contributed by atoms with Gasteiger partial charge in [0.25, 0.3) is 0 Å². The number of aromatic nitrogens is 4. The number of benzene rings is 2. The summed E-state index contributed by atoms with van der Waals surface area (Å²) in [7, 11) is 0. The van der Waals surface area contributed by atoms with Gasteiger partial charge in [0.05, 0.1) is 11.7 Å². The number of amides is 1. The first-order valence-electron chi connectivity index (χ1n) is 12.1. The quantitative estimate of drug-likeness (QED) is 0.515. The van der Waals surface area contributed by atoms with Crippen LogP contribution in [0.1, 0.15) is 56.6 Å². The van der Waals surface area contributed by atoms with Gasteiger partial charge in [-0.3, -0.25) is 4.90 Å². The zero-order chi connectivity index (χ0) is 25.7. The molecule has 0 aliphatic carbocycles. The van der Waals surface area contributed by atoms with Crippen LogP contribution in [0.3, 0.4) is 0 Å². The summed E-state index contributed by atoms with van der Waals surface area (Å²) in [6.07, 6.45) is 1.36. The maximum atomic E-state index is 13.2. The van der Waals surface area contributed by atoms with E-state index in [1.807, 2.05) is 69.0 Å². The Balaban J connectivity index is 1.61. The number of likely N-dealkylation sites (tertiary alicyclic amines) is 1. The zero-order valence-electron chi connectivity index (χ0n) is 21.1. The first-order valence-corrected chi connectivity index (χ1v) is 12.1. The molecule has 0 unspecified atom stereocenters. The predicted molar refractivity (Wildman–Crippen MR) is 132 cm³/mol. The number of rotatable bonds is 7. The molecule has 1 aliphatic rings. The number of piperidine rings is 1. The second-order valence-electron chi connectivity index (χ2n) is 9.84. The number of nitrogens with zero attached hydrogens (tertiary/aromatic N) is 5. The lowest BCUT2D eigenvalue weighted by Crippen LogP contribution is -2.51. The van der Waals surface area contributed by atoms with Gasteiger partial charge in [0, 0.05) is 24.7 Å². The van der Waals surface area contributed by atoms with E-state index in [0.717, 1.165) is 29.7 Å². The van der Waals surface area contributed by atoms with Crippen molar-refractivity contribution < 1.29 is 18.7 Å². The second-order valence-corrected chi connectivity index (χ2v) is 9.84. The highest BCUT2D eigenvalue weighted by Gasteiger charge is 2.37. The number of carbonyl (C=O) groups excluding carboxylic acids is 1. The standard InChI is InChI=1S/C26H33FN6O3/c1-18-29-30-31-33(18)21-12-13-23(35-17-27)20(15-21)16-28-22-11-8-14-32(25(34)36-26(2,3)4)24(22)19-9-6-5-7-10-19/h5-7,9-10,12-13,15,22,24,28H,8,11,14,16-17H2,1-4H3/t22-,24-/m0/s1/i27-1. The van der Waals surface area contributed by atoms with Crippen LogP contribution >= 0.6 is 0 Å². The van der Waals surface area contributed by atoms with Crippen molar-refractivity contribution in [1.29, 1.82) is 0 Å². The number of aryl methyl sites for hydroxylation is 1. The summed E-state index contributed by atoms with van der Waals surface area (Å²) in [6, 6.07) is 15.1. The number of ether oxygens (including phenoxy) is 2. The molecule has 192 valence electrons. The fourth-order valence-electron chi connectivity index (χ4n) is 4.54. The van der Waals surface area contributed by atoms with Crippen LogP contribution in [-0.4, -0.2) is 56.2 Å². The highest BCUT2D eigenvalue weighted by atomic mass is 18.2. The Hall–Kier alpha value is -3.53. The third kappa shape index (κ3) is 5.99. The minimum absolute atomic E-state index is 0.0506. The summed E-state index contributed by atoms with van der Waals surface area (Å²) in [4.78, 5) is 15.0. The van der Waals surface area contributed by atoms with Crippen LogP contribution < -0.4 is 10.1 Å². The van der Waals surface area contributed by atoms with Gasteiger partial charge in [0.2, 0.25) is 6.86 Å². The average molecular weight is 496 g/mol.